The third-order valence-electron chi connectivity index (χ3n) is 4.34. The van der Waals surface area contributed by atoms with E-state index in [4.69, 9.17) is 18.9 Å². The second-order valence-corrected chi connectivity index (χ2v) is 7.09. The number of thioether (sulfide) groups is 1. The highest BCUT2D eigenvalue weighted by Crippen LogP contribution is 2.45. The fourth-order valence-corrected chi connectivity index (χ4v) is 4.47. The van der Waals surface area contributed by atoms with Crippen LogP contribution in [0.5, 0.6) is 0 Å². The molecule has 0 spiro atoms. The average Bonchev–Trinajstić information content (AvgIpc) is 3.30. The van der Waals surface area contributed by atoms with Crippen LogP contribution in [0.4, 0.5) is 0 Å². The van der Waals surface area contributed by atoms with Crippen molar-refractivity contribution < 1.29 is 39.4 Å². The van der Waals surface area contributed by atoms with Gasteiger partial charge in [-0.25, -0.2) is 0 Å². The first-order valence-corrected chi connectivity index (χ1v) is 8.22. The molecular formula is C13H22O8S. The van der Waals surface area contributed by atoms with Crippen molar-refractivity contribution in [3.8, 4) is 0 Å². The number of hydrogen-bond acceptors (Lipinski definition) is 9. The Labute approximate surface area is 132 Å². The van der Waals surface area contributed by atoms with Crippen molar-refractivity contribution in [3.63, 3.8) is 0 Å². The van der Waals surface area contributed by atoms with Gasteiger partial charge >= 0.3 is 0 Å². The first kappa shape index (κ1) is 16.9. The van der Waals surface area contributed by atoms with Crippen LogP contribution in [0, 0.1) is 0 Å². The van der Waals surface area contributed by atoms with Gasteiger partial charge in [0.05, 0.1) is 24.1 Å². The highest BCUT2D eigenvalue weighted by Gasteiger charge is 2.58. The highest BCUT2D eigenvalue weighted by molar-refractivity contribution is 8.00. The summed E-state index contributed by atoms with van der Waals surface area (Å²) in [6, 6.07) is 0. The van der Waals surface area contributed by atoms with E-state index in [9.17, 15) is 20.4 Å². The van der Waals surface area contributed by atoms with Crippen molar-refractivity contribution in [2.24, 2.45) is 0 Å². The van der Waals surface area contributed by atoms with Gasteiger partial charge < -0.3 is 39.4 Å². The molecule has 3 aliphatic rings. The lowest BCUT2D eigenvalue weighted by Gasteiger charge is -2.42. The predicted molar refractivity (Wildman–Crippen MR) is 75.2 cm³/mol. The molecule has 22 heavy (non-hydrogen) atoms. The monoisotopic (exact) mass is 338 g/mol. The van der Waals surface area contributed by atoms with E-state index in [1.54, 1.807) is 6.92 Å². The first-order chi connectivity index (χ1) is 10.5. The van der Waals surface area contributed by atoms with Crippen LogP contribution >= 0.6 is 11.8 Å². The van der Waals surface area contributed by atoms with E-state index in [1.165, 1.54) is 18.9 Å². The van der Waals surface area contributed by atoms with E-state index in [0.717, 1.165) is 0 Å². The molecule has 4 N–H and O–H groups in total. The molecule has 0 bridgehead atoms. The van der Waals surface area contributed by atoms with Crippen molar-refractivity contribution >= 4 is 11.8 Å². The number of epoxide rings is 1. The van der Waals surface area contributed by atoms with Gasteiger partial charge in [-0.3, -0.25) is 0 Å². The maximum Gasteiger partial charge on any atom is 0.186 e. The van der Waals surface area contributed by atoms with Gasteiger partial charge in [-0.1, -0.05) is 0 Å². The number of fused-ring (bicyclic) bond motifs is 1. The maximum absolute atomic E-state index is 10.3. The molecule has 10 atom stereocenters. The van der Waals surface area contributed by atoms with Gasteiger partial charge in [0.1, 0.15) is 36.0 Å². The fourth-order valence-electron chi connectivity index (χ4n) is 2.98. The molecule has 3 fully saturated rings. The smallest absolute Gasteiger partial charge is 0.186 e. The molecule has 0 aliphatic carbocycles. The van der Waals surface area contributed by atoms with E-state index in [2.05, 4.69) is 0 Å². The zero-order valence-electron chi connectivity index (χ0n) is 12.3. The summed E-state index contributed by atoms with van der Waals surface area (Å²) in [5.74, 6) is 0. The van der Waals surface area contributed by atoms with Crippen LogP contribution in [0.1, 0.15) is 6.92 Å². The molecule has 3 heterocycles. The highest BCUT2D eigenvalue weighted by atomic mass is 32.2. The van der Waals surface area contributed by atoms with E-state index in [-0.39, 0.29) is 24.9 Å². The van der Waals surface area contributed by atoms with E-state index >= 15 is 0 Å². The summed E-state index contributed by atoms with van der Waals surface area (Å²) in [6.45, 7) is 1.48. The molecule has 0 aromatic carbocycles. The normalized spacial score (nSPS) is 54.8. The van der Waals surface area contributed by atoms with Gasteiger partial charge in [-0.05, 0) is 6.92 Å². The lowest BCUT2D eigenvalue weighted by Crippen LogP contribution is -2.57. The third-order valence-corrected chi connectivity index (χ3v) is 5.96. The molecular weight excluding hydrogens is 316 g/mol. The summed E-state index contributed by atoms with van der Waals surface area (Å²) < 4.78 is 21.6. The van der Waals surface area contributed by atoms with Gasteiger partial charge in [-0.15, -0.1) is 11.8 Å². The van der Waals surface area contributed by atoms with Gasteiger partial charge in [0.25, 0.3) is 0 Å². The van der Waals surface area contributed by atoms with Crippen LogP contribution in [0.3, 0.4) is 0 Å². The number of aliphatic hydroxyl groups is 4. The summed E-state index contributed by atoms with van der Waals surface area (Å²) in [5.41, 5.74) is -0.442. The summed E-state index contributed by atoms with van der Waals surface area (Å²) in [5, 5.41) is 39.0. The lowest BCUT2D eigenvalue weighted by atomic mass is 10.0. The molecule has 0 saturated carbocycles. The van der Waals surface area contributed by atoms with E-state index < -0.39 is 41.4 Å². The van der Waals surface area contributed by atoms with E-state index in [0.29, 0.717) is 0 Å². The number of hydrogen-bond donors (Lipinski definition) is 4. The molecule has 0 amide bonds. The van der Waals surface area contributed by atoms with Crippen LogP contribution in [-0.2, 0) is 18.9 Å². The van der Waals surface area contributed by atoms with Crippen LogP contribution < -0.4 is 0 Å². The Balaban J connectivity index is 1.65. The van der Waals surface area contributed by atoms with Crippen LogP contribution in [0.15, 0.2) is 0 Å². The van der Waals surface area contributed by atoms with Crippen molar-refractivity contribution in [2.75, 3.05) is 13.7 Å². The van der Waals surface area contributed by atoms with Crippen LogP contribution in [0.25, 0.3) is 0 Å². The van der Waals surface area contributed by atoms with Crippen molar-refractivity contribution in [1.82, 2.24) is 0 Å². The SMILES string of the molecule is CO[C@H]1O[C@H](C)[C@H](S[C@@H]2O[C@H](CO)[C@@H](O)[C@@H]3O[C@@H]32)[C@H](O)[C@H]1O. The lowest BCUT2D eigenvalue weighted by molar-refractivity contribution is -0.251. The molecule has 0 aromatic heterocycles. The maximum atomic E-state index is 10.3. The Morgan fingerprint density at radius 1 is 1.00 bits per heavy atom. The second kappa shape index (κ2) is 6.50. The van der Waals surface area contributed by atoms with Gasteiger partial charge in [0.15, 0.2) is 6.29 Å². The molecule has 0 unspecified atom stereocenters. The van der Waals surface area contributed by atoms with E-state index in [1.807, 2.05) is 0 Å². The summed E-state index contributed by atoms with van der Waals surface area (Å²) in [6.07, 6.45) is -5.62. The molecule has 0 radical (unpaired) electrons. The Morgan fingerprint density at radius 2 is 1.73 bits per heavy atom. The standard InChI is InChI=1S/C13H22O8S/c1-4-11(7(16)8(17)12(18-2)19-4)22-13-10-9(21-10)6(15)5(3-14)20-13/h4-17H,3H2,1-2H3/t4-,5-,6-,7-,8-,9+,10+,11+,12+,13+/m1/s1. The predicted octanol–water partition coefficient (Wildman–Crippen LogP) is -1.95. The molecule has 0 aromatic rings. The number of ether oxygens (including phenoxy) is 4. The summed E-state index contributed by atoms with van der Waals surface area (Å²) >= 11 is 1.28. The summed E-state index contributed by atoms with van der Waals surface area (Å²) in [7, 11) is 1.40. The minimum absolute atomic E-state index is 0.278. The fraction of sp³-hybridized carbons (Fsp3) is 1.00. The molecule has 128 valence electrons. The third kappa shape index (κ3) is 2.90. The van der Waals surface area contributed by atoms with Crippen LogP contribution in [-0.4, -0.2) is 93.8 Å². The molecule has 3 rings (SSSR count). The molecule has 9 heteroatoms. The minimum Gasteiger partial charge on any atom is -0.394 e. The Kier molecular flexibility index (Phi) is 4.98. The van der Waals surface area contributed by atoms with Gasteiger partial charge in [-0.2, -0.15) is 0 Å². The first-order valence-electron chi connectivity index (χ1n) is 7.27. The number of rotatable bonds is 4. The largest absolute Gasteiger partial charge is 0.394 e. The van der Waals surface area contributed by atoms with Gasteiger partial charge in [0.2, 0.25) is 0 Å². The number of aliphatic hydroxyl groups excluding tert-OH is 4. The van der Waals surface area contributed by atoms with Crippen molar-refractivity contribution in [1.29, 1.82) is 0 Å². The minimum atomic E-state index is -1.16. The molecule has 3 saturated heterocycles. The average molecular weight is 338 g/mol. The van der Waals surface area contributed by atoms with Crippen molar-refractivity contribution in [2.45, 2.75) is 66.6 Å². The van der Waals surface area contributed by atoms with Crippen molar-refractivity contribution in [3.05, 3.63) is 0 Å². The Bertz CT molecular complexity index is 398. The molecule has 3 aliphatic heterocycles. The zero-order chi connectivity index (χ0) is 16.0. The quantitative estimate of drug-likeness (QED) is 0.433. The Morgan fingerprint density at radius 3 is 2.36 bits per heavy atom. The van der Waals surface area contributed by atoms with Gasteiger partial charge in [0, 0.05) is 7.11 Å². The summed E-state index contributed by atoms with van der Waals surface area (Å²) in [4.78, 5) is 0. The topological polar surface area (TPSA) is 121 Å². The zero-order valence-corrected chi connectivity index (χ0v) is 13.1. The van der Waals surface area contributed by atoms with Crippen LogP contribution in [0.2, 0.25) is 0 Å². The second-order valence-electron chi connectivity index (χ2n) is 5.81. The Hall–Kier alpha value is 0.0300. The molecule has 8 nitrogen and oxygen atoms in total. The number of methoxy groups -OCH3 is 1.